The molecule has 0 saturated heterocycles. The molecule has 0 unspecified atom stereocenters. The van der Waals surface area contributed by atoms with E-state index in [1.807, 2.05) is 0 Å². The highest BCUT2D eigenvalue weighted by atomic mass is 35.5. The van der Waals surface area contributed by atoms with Crippen LogP contribution in [-0.2, 0) is 10.0 Å². The molecule has 0 aliphatic heterocycles. The van der Waals surface area contributed by atoms with Gasteiger partial charge in [0.2, 0.25) is 0 Å². The number of nitrogens with two attached hydrogens (primary N) is 1. The average molecular weight is 331 g/mol. The van der Waals surface area contributed by atoms with Gasteiger partial charge in [0.1, 0.15) is 22.1 Å². The number of rotatable bonds is 4. The molecule has 2 rings (SSSR count). The lowest BCUT2D eigenvalue weighted by molar-refractivity contribution is 0.403. The number of anilines is 2. The summed E-state index contributed by atoms with van der Waals surface area (Å²) >= 11 is 5.81. The molecule has 0 heterocycles. The van der Waals surface area contributed by atoms with Crippen LogP contribution in [0.15, 0.2) is 41.3 Å². The third-order valence-electron chi connectivity index (χ3n) is 2.68. The lowest BCUT2D eigenvalue weighted by Gasteiger charge is -2.13. The normalized spacial score (nSPS) is 11.2. The summed E-state index contributed by atoms with van der Waals surface area (Å²) in [7, 11) is -2.78. The van der Waals surface area contributed by atoms with Crippen molar-refractivity contribution >= 4 is 33.0 Å². The molecule has 0 saturated carbocycles. The molecule has 112 valence electrons. The van der Waals surface area contributed by atoms with Crippen LogP contribution in [0.25, 0.3) is 0 Å². The number of para-hydroxylation sites is 1. The van der Waals surface area contributed by atoms with Crippen molar-refractivity contribution in [3.63, 3.8) is 0 Å². The van der Waals surface area contributed by atoms with Crippen LogP contribution in [-0.4, -0.2) is 15.5 Å². The van der Waals surface area contributed by atoms with Gasteiger partial charge in [0.25, 0.3) is 10.0 Å². The predicted octanol–water partition coefficient (Wildman–Crippen LogP) is 2.87. The maximum Gasteiger partial charge on any atom is 0.265 e. The van der Waals surface area contributed by atoms with Gasteiger partial charge in [-0.1, -0.05) is 17.7 Å². The summed E-state index contributed by atoms with van der Waals surface area (Å²) in [5.41, 5.74) is 5.49. The molecule has 0 spiro atoms. The second-order valence-corrected chi connectivity index (χ2v) is 6.17. The van der Waals surface area contributed by atoms with Crippen molar-refractivity contribution in [2.75, 3.05) is 17.6 Å². The van der Waals surface area contributed by atoms with Crippen LogP contribution in [0.4, 0.5) is 15.8 Å². The maximum atomic E-state index is 13.7. The van der Waals surface area contributed by atoms with Gasteiger partial charge in [0.15, 0.2) is 0 Å². The summed E-state index contributed by atoms with van der Waals surface area (Å²) in [5, 5.41) is -0.0542. The first-order chi connectivity index (χ1) is 9.85. The molecule has 21 heavy (non-hydrogen) atoms. The van der Waals surface area contributed by atoms with E-state index in [4.69, 9.17) is 22.1 Å². The number of sulfonamides is 1. The Kier molecular flexibility index (Phi) is 4.24. The fourth-order valence-electron chi connectivity index (χ4n) is 1.69. The molecule has 0 aliphatic rings. The largest absolute Gasteiger partial charge is 0.495 e. The van der Waals surface area contributed by atoms with Crippen LogP contribution >= 0.6 is 11.6 Å². The first kappa shape index (κ1) is 15.4. The Labute approximate surface area is 126 Å². The molecule has 0 bridgehead atoms. The predicted molar refractivity (Wildman–Crippen MR) is 79.6 cm³/mol. The molecule has 0 fully saturated rings. The van der Waals surface area contributed by atoms with Crippen molar-refractivity contribution in [2.45, 2.75) is 4.90 Å². The van der Waals surface area contributed by atoms with Crippen molar-refractivity contribution < 1.29 is 17.5 Å². The number of hydrogen-bond acceptors (Lipinski definition) is 4. The number of halogens is 2. The van der Waals surface area contributed by atoms with Gasteiger partial charge in [-0.25, -0.2) is 12.8 Å². The summed E-state index contributed by atoms with van der Waals surface area (Å²) in [6.45, 7) is 0. The van der Waals surface area contributed by atoms with Crippen molar-refractivity contribution in [1.82, 2.24) is 0 Å². The standard InChI is InChI=1S/C13H12ClFN2O3S/c1-20-11-6-5-8(16)7-12(11)21(18,19)17-13-9(14)3-2-4-10(13)15/h2-7,17H,16H2,1H3. The summed E-state index contributed by atoms with van der Waals surface area (Å²) in [6.07, 6.45) is 0. The van der Waals surface area contributed by atoms with Crippen LogP contribution in [0.1, 0.15) is 0 Å². The van der Waals surface area contributed by atoms with Gasteiger partial charge in [-0.3, -0.25) is 4.72 Å². The molecule has 0 atom stereocenters. The minimum absolute atomic E-state index is 0.0542. The third-order valence-corrected chi connectivity index (χ3v) is 4.36. The lowest BCUT2D eigenvalue weighted by atomic mass is 10.3. The second-order valence-electron chi connectivity index (χ2n) is 4.11. The van der Waals surface area contributed by atoms with E-state index in [9.17, 15) is 12.8 Å². The van der Waals surface area contributed by atoms with Crippen molar-refractivity contribution in [1.29, 1.82) is 0 Å². The Bertz CT molecular complexity index is 761. The first-order valence-electron chi connectivity index (χ1n) is 5.75. The third kappa shape index (κ3) is 3.20. The van der Waals surface area contributed by atoms with Crippen LogP contribution < -0.4 is 15.2 Å². The number of ether oxygens (including phenoxy) is 1. The lowest BCUT2D eigenvalue weighted by Crippen LogP contribution is -2.15. The molecule has 0 amide bonds. The van der Waals surface area contributed by atoms with Gasteiger partial charge >= 0.3 is 0 Å². The van der Waals surface area contributed by atoms with Gasteiger partial charge in [0.05, 0.1) is 12.1 Å². The molecular weight excluding hydrogens is 319 g/mol. The van der Waals surface area contributed by atoms with Gasteiger partial charge in [-0.15, -0.1) is 0 Å². The SMILES string of the molecule is COc1ccc(N)cc1S(=O)(=O)Nc1c(F)cccc1Cl. The van der Waals surface area contributed by atoms with Crippen LogP contribution in [0.2, 0.25) is 5.02 Å². The summed E-state index contributed by atoms with van der Waals surface area (Å²) in [4.78, 5) is -0.204. The Balaban J connectivity index is 2.51. The van der Waals surface area contributed by atoms with Crippen LogP contribution in [0, 0.1) is 5.82 Å². The van der Waals surface area contributed by atoms with E-state index in [1.54, 1.807) is 0 Å². The highest BCUT2D eigenvalue weighted by molar-refractivity contribution is 7.92. The van der Waals surface area contributed by atoms with Gasteiger partial charge in [-0.2, -0.15) is 0 Å². The van der Waals surface area contributed by atoms with Gasteiger partial charge in [-0.05, 0) is 30.3 Å². The Morgan fingerprint density at radius 2 is 2.00 bits per heavy atom. The molecule has 8 heteroatoms. The van der Waals surface area contributed by atoms with E-state index in [-0.39, 0.29) is 27.0 Å². The fourth-order valence-corrected chi connectivity index (χ4v) is 3.25. The monoisotopic (exact) mass is 330 g/mol. The number of nitrogens with one attached hydrogen (secondary N) is 1. The molecular formula is C13H12ClFN2O3S. The summed E-state index contributed by atoms with van der Waals surface area (Å²) in [5.74, 6) is -0.696. The quantitative estimate of drug-likeness (QED) is 0.845. The minimum atomic E-state index is -4.10. The smallest absolute Gasteiger partial charge is 0.265 e. The van der Waals surface area contributed by atoms with Crippen molar-refractivity contribution in [2.24, 2.45) is 0 Å². The van der Waals surface area contributed by atoms with E-state index in [0.29, 0.717) is 0 Å². The fraction of sp³-hybridized carbons (Fsp3) is 0.0769. The summed E-state index contributed by atoms with van der Waals surface area (Å²) < 4.78 is 45.5. The van der Waals surface area contributed by atoms with E-state index >= 15 is 0 Å². The molecule has 5 nitrogen and oxygen atoms in total. The van der Waals surface area contributed by atoms with E-state index in [2.05, 4.69) is 4.72 Å². The Morgan fingerprint density at radius 3 is 2.62 bits per heavy atom. The Hall–Kier alpha value is -1.99. The van der Waals surface area contributed by atoms with Crippen LogP contribution in [0.3, 0.4) is 0 Å². The summed E-state index contributed by atoms with van der Waals surface area (Å²) in [6, 6.07) is 7.96. The van der Waals surface area contributed by atoms with Crippen LogP contribution in [0.5, 0.6) is 5.75 Å². The molecule has 0 aliphatic carbocycles. The second kappa shape index (κ2) is 5.79. The minimum Gasteiger partial charge on any atom is -0.495 e. The number of benzene rings is 2. The zero-order valence-corrected chi connectivity index (χ0v) is 12.5. The van der Waals surface area contributed by atoms with E-state index < -0.39 is 15.8 Å². The topological polar surface area (TPSA) is 81.4 Å². The highest BCUT2D eigenvalue weighted by Gasteiger charge is 2.22. The number of nitrogen functional groups attached to an aromatic ring is 1. The molecule has 2 aromatic carbocycles. The van der Waals surface area contributed by atoms with Gasteiger partial charge < -0.3 is 10.5 Å². The van der Waals surface area contributed by atoms with E-state index in [1.165, 1.54) is 37.4 Å². The van der Waals surface area contributed by atoms with Gasteiger partial charge in [0, 0.05) is 5.69 Å². The zero-order chi connectivity index (χ0) is 15.6. The van der Waals surface area contributed by atoms with Crippen molar-refractivity contribution in [3.05, 3.63) is 47.2 Å². The highest BCUT2D eigenvalue weighted by Crippen LogP contribution is 2.31. The zero-order valence-electron chi connectivity index (χ0n) is 10.9. The first-order valence-corrected chi connectivity index (χ1v) is 7.61. The average Bonchev–Trinajstić information content (AvgIpc) is 2.43. The van der Waals surface area contributed by atoms with Crippen molar-refractivity contribution in [3.8, 4) is 5.75 Å². The molecule has 2 aromatic rings. The number of methoxy groups -OCH3 is 1. The maximum absolute atomic E-state index is 13.7. The Morgan fingerprint density at radius 1 is 1.29 bits per heavy atom. The molecule has 0 aromatic heterocycles. The van der Waals surface area contributed by atoms with E-state index in [0.717, 1.165) is 6.07 Å². The molecule has 0 radical (unpaired) electrons. The molecule has 3 N–H and O–H groups in total. The number of hydrogen-bond donors (Lipinski definition) is 2.